The van der Waals surface area contributed by atoms with E-state index >= 15 is 0 Å². The van der Waals surface area contributed by atoms with E-state index in [4.69, 9.17) is 23.2 Å². The van der Waals surface area contributed by atoms with Crippen LogP contribution in [0.3, 0.4) is 0 Å². The molecule has 0 amide bonds. The van der Waals surface area contributed by atoms with Gasteiger partial charge in [-0.3, -0.25) is 4.79 Å². The third kappa shape index (κ3) is 1.72. The molecule has 4 bridgehead atoms. The predicted molar refractivity (Wildman–Crippen MR) is 61.2 cm³/mol. The summed E-state index contributed by atoms with van der Waals surface area (Å²) in [6.45, 7) is 0. The second kappa shape index (κ2) is 3.13. The van der Waals surface area contributed by atoms with Gasteiger partial charge >= 0.3 is 0 Å². The lowest BCUT2D eigenvalue weighted by atomic mass is 9.48. The van der Waals surface area contributed by atoms with Gasteiger partial charge < -0.3 is 0 Å². The summed E-state index contributed by atoms with van der Waals surface area (Å²) in [7, 11) is 0. The van der Waals surface area contributed by atoms with Gasteiger partial charge in [0, 0.05) is 11.3 Å². The Kier molecular flexibility index (Phi) is 2.17. The van der Waals surface area contributed by atoms with Gasteiger partial charge in [-0.25, -0.2) is 0 Å². The van der Waals surface area contributed by atoms with Crippen LogP contribution < -0.4 is 0 Å². The monoisotopic (exact) mass is 246 g/mol. The Morgan fingerprint density at radius 2 is 1.80 bits per heavy atom. The zero-order valence-corrected chi connectivity index (χ0v) is 10.3. The summed E-state index contributed by atoms with van der Waals surface area (Å²) in [5.74, 6) is 1.53. The second-order valence-corrected chi connectivity index (χ2v) is 7.37. The Balaban J connectivity index is 1.89. The van der Waals surface area contributed by atoms with Crippen molar-refractivity contribution in [1.29, 1.82) is 0 Å². The average Bonchev–Trinajstić information content (AvgIpc) is 1.94. The van der Waals surface area contributed by atoms with E-state index in [0.717, 1.165) is 18.3 Å². The Labute approximate surface area is 101 Å². The third-order valence-electron chi connectivity index (χ3n) is 4.62. The summed E-state index contributed by atoms with van der Waals surface area (Å²) >= 11 is 12.2. The van der Waals surface area contributed by atoms with Crippen LogP contribution in [-0.2, 0) is 4.79 Å². The van der Waals surface area contributed by atoms with E-state index < -0.39 is 0 Å². The molecule has 2 atom stereocenters. The minimum Gasteiger partial charge on any atom is -0.281 e. The maximum absolute atomic E-state index is 11.2. The topological polar surface area (TPSA) is 17.1 Å². The fraction of sp³-hybridized carbons (Fsp3) is 0.917. The fourth-order valence-electron chi connectivity index (χ4n) is 4.84. The minimum absolute atomic E-state index is 0.0103. The molecule has 0 aliphatic heterocycles. The number of carbonyl (C=O) groups is 1. The zero-order valence-electron chi connectivity index (χ0n) is 8.77. The number of halogens is 2. The molecule has 0 spiro atoms. The number of hydrogen-bond acceptors (Lipinski definition) is 1. The van der Waals surface area contributed by atoms with Crippen molar-refractivity contribution >= 4 is 28.4 Å². The van der Waals surface area contributed by atoms with Gasteiger partial charge in [-0.15, -0.1) is 11.6 Å². The van der Waals surface area contributed by atoms with Crippen LogP contribution in [0.2, 0.25) is 0 Å². The van der Waals surface area contributed by atoms with Crippen molar-refractivity contribution in [3.63, 3.8) is 0 Å². The van der Waals surface area contributed by atoms with Crippen molar-refractivity contribution in [2.75, 3.05) is 0 Å². The molecule has 0 aromatic heterocycles. The van der Waals surface area contributed by atoms with E-state index in [1.807, 2.05) is 0 Å². The summed E-state index contributed by atoms with van der Waals surface area (Å²) < 4.78 is 0. The average molecular weight is 247 g/mol. The maximum Gasteiger partial charge on any atom is 0.222 e. The molecule has 4 saturated carbocycles. The van der Waals surface area contributed by atoms with Gasteiger partial charge in [-0.2, -0.15) is 0 Å². The molecular formula is C12H16Cl2O. The molecule has 15 heavy (non-hydrogen) atoms. The highest BCUT2D eigenvalue weighted by Gasteiger charge is 2.57. The Bertz CT molecular complexity index is 299. The van der Waals surface area contributed by atoms with Gasteiger partial charge in [0.25, 0.3) is 0 Å². The van der Waals surface area contributed by atoms with Crippen LogP contribution in [0.25, 0.3) is 0 Å². The summed E-state index contributed by atoms with van der Waals surface area (Å²) in [6, 6.07) is 0. The van der Waals surface area contributed by atoms with E-state index in [0.29, 0.717) is 6.42 Å². The molecule has 0 aromatic carbocycles. The Morgan fingerprint density at radius 1 is 1.20 bits per heavy atom. The first-order chi connectivity index (χ1) is 6.99. The summed E-state index contributed by atoms with van der Waals surface area (Å²) in [5.41, 5.74) is 0.171. The lowest BCUT2D eigenvalue weighted by molar-refractivity contribution is -0.118. The maximum atomic E-state index is 11.2. The SMILES string of the molecule is O=C(Cl)CC12CC3CC(CC(Cl)(C3)C1)C2. The fourth-order valence-corrected chi connectivity index (χ4v) is 5.84. The summed E-state index contributed by atoms with van der Waals surface area (Å²) in [5, 5.41) is -0.169. The summed E-state index contributed by atoms with van der Waals surface area (Å²) in [6.07, 6.45) is 7.63. The van der Waals surface area contributed by atoms with Crippen LogP contribution in [0.5, 0.6) is 0 Å². The van der Waals surface area contributed by atoms with Crippen LogP contribution in [0.15, 0.2) is 0 Å². The molecular weight excluding hydrogens is 231 g/mol. The van der Waals surface area contributed by atoms with Gasteiger partial charge in [0.05, 0.1) is 0 Å². The molecule has 84 valence electrons. The van der Waals surface area contributed by atoms with E-state index in [1.54, 1.807) is 0 Å². The molecule has 0 heterocycles. The molecule has 4 aliphatic carbocycles. The number of rotatable bonds is 2. The molecule has 2 unspecified atom stereocenters. The van der Waals surface area contributed by atoms with Crippen LogP contribution in [0.1, 0.15) is 44.9 Å². The molecule has 4 fully saturated rings. The van der Waals surface area contributed by atoms with Crippen molar-refractivity contribution in [3.8, 4) is 0 Å². The van der Waals surface area contributed by atoms with E-state index in [1.165, 1.54) is 32.1 Å². The van der Waals surface area contributed by atoms with Gasteiger partial charge in [-0.1, -0.05) is 0 Å². The molecule has 1 nitrogen and oxygen atoms in total. The third-order valence-corrected chi connectivity index (χ3v) is 5.20. The highest BCUT2D eigenvalue weighted by molar-refractivity contribution is 6.63. The standard InChI is InChI=1S/C12H16Cl2O/c13-10(15)6-11-2-8-1-9(3-11)5-12(14,4-8)7-11/h8-9H,1-7H2. The van der Waals surface area contributed by atoms with Crippen LogP contribution in [0.4, 0.5) is 0 Å². The van der Waals surface area contributed by atoms with Crippen molar-refractivity contribution in [2.45, 2.75) is 49.8 Å². The highest BCUT2D eigenvalue weighted by atomic mass is 35.5. The van der Waals surface area contributed by atoms with E-state index in [-0.39, 0.29) is 15.5 Å². The molecule has 4 rings (SSSR count). The van der Waals surface area contributed by atoms with Crippen molar-refractivity contribution in [2.24, 2.45) is 17.3 Å². The predicted octanol–water partition coefficient (Wildman–Crippen LogP) is 3.72. The molecule has 0 radical (unpaired) electrons. The first kappa shape index (κ1) is 10.4. The molecule has 0 N–H and O–H groups in total. The first-order valence-corrected chi connectivity index (χ1v) is 6.62. The number of hydrogen-bond donors (Lipinski definition) is 0. The molecule has 0 aromatic rings. The number of alkyl halides is 1. The minimum atomic E-state index is -0.169. The van der Waals surface area contributed by atoms with Crippen molar-refractivity contribution in [1.82, 2.24) is 0 Å². The lowest BCUT2D eigenvalue weighted by Crippen LogP contribution is -2.53. The van der Waals surface area contributed by atoms with Crippen LogP contribution in [-0.4, -0.2) is 10.1 Å². The summed E-state index contributed by atoms with van der Waals surface area (Å²) in [4.78, 5) is 11.2. The quantitative estimate of drug-likeness (QED) is 0.537. The van der Waals surface area contributed by atoms with Gasteiger partial charge in [0.2, 0.25) is 5.24 Å². The highest BCUT2D eigenvalue weighted by Crippen LogP contribution is 2.64. The smallest absolute Gasteiger partial charge is 0.222 e. The Morgan fingerprint density at radius 3 is 2.27 bits per heavy atom. The Hall–Kier alpha value is 0.250. The molecule has 0 saturated heterocycles. The van der Waals surface area contributed by atoms with Crippen LogP contribution in [0, 0.1) is 17.3 Å². The molecule has 4 aliphatic rings. The first-order valence-electron chi connectivity index (χ1n) is 5.86. The largest absolute Gasteiger partial charge is 0.281 e. The van der Waals surface area contributed by atoms with Gasteiger partial charge in [0.15, 0.2) is 0 Å². The number of carbonyl (C=O) groups excluding carboxylic acids is 1. The zero-order chi connectivity index (χ0) is 10.7. The molecule has 3 heteroatoms. The second-order valence-electron chi connectivity index (χ2n) is 6.14. The van der Waals surface area contributed by atoms with E-state index in [2.05, 4.69) is 0 Å². The van der Waals surface area contributed by atoms with E-state index in [9.17, 15) is 4.79 Å². The lowest BCUT2D eigenvalue weighted by Gasteiger charge is -2.60. The van der Waals surface area contributed by atoms with Crippen LogP contribution >= 0.6 is 23.2 Å². The van der Waals surface area contributed by atoms with Crippen molar-refractivity contribution < 1.29 is 4.79 Å². The van der Waals surface area contributed by atoms with Crippen molar-refractivity contribution in [3.05, 3.63) is 0 Å². The van der Waals surface area contributed by atoms with Gasteiger partial charge in [-0.05, 0) is 67.4 Å². The normalized spacial score (nSPS) is 52.1. The van der Waals surface area contributed by atoms with Gasteiger partial charge in [0.1, 0.15) is 0 Å².